The van der Waals surface area contributed by atoms with Crippen molar-refractivity contribution < 1.29 is 4.79 Å². The average Bonchev–Trinajstić information content (AvgIpc) is 2.97. The number of aromatic nitrogens is 1. The summed E-state index contributed by atoms with van der Waals surface area (Å²) in [5, 5.41) is 0.873. The van der Waals surface area contributed by atoms with Crippen molar-refractivity contribution in [1.29, 1.82) is 0 Å². The number of carbonyl (C=O) groups excluding carboxylic acids is 1. The molecule has 1 amide bonds. The van der Waals surface area contributed by atoms with Crippen LogP contribution in [0.15, 0.2) is 36.4 Å². The molecule has 0 saturated carbocycles. The van der Waals surface area contributed by atoms with E-state index < -0.39 is 0 Å². The summed E-state index contributed by atoms with van der Waals surface area (Å²) in [7, 11) is 0. The lowest BCUT2D eigenvalue weighted by atomic mass is 9.92. The van der Waals surface area contributed by atoms with Crippen molar-refractivity contribution in [2.24, 2.45) is 11.8 Å². The van der Waals surface area contributed by atoms with Gasteiger partial charge in [-0.3, -0.25) is 4.79 Å². The number of likely N-dealkylation sites (tertiary alicyclic amines) is 1. The van der Waals surface area contributed by atoms with Crippen molar-refractivity contribution in [2.45, 2.75) is 27.2 Å². The molecule has 1 saturated heterocycles. The molecule has 5 heteroatoms. The van der Waals surface area contributed by atoms with Crippen LogP contribution in [-0.2, 0) is 0 Å². The number of amides is 1. The fraction of sp³-hybridized carbons (Fsp3) is 0.364. The topological polar surface area (TPSA) is 59.2 Å². The van der Waals surface area contributed by atoms with Gasteiger partial charge in [0.1, 0.15) is 9.71 Å². The standard InChI is InChI=1S/C22H25N3OS/c1-13-4-6-16(7-5-13)18-9-8-17-19(23)20(27-21(17)24-18)22(26)25-11-14(2)10-15(3)12-25/h4-9,14-15H,10-12,23H2,1-3H3. The lowest BCUT2D eigenvalue weighted by Crippen LogP contribution is -2.42. The summed E-state index contributed by atoms with van der Waals surface area (Å²) >= 11 is 1.41. The maximum atomic E-state index is 13.1. The number of hydrogen-bond donors (Lipinski definition) is 1. The Morgan fingerprint density at radius 3 is 2.44 bits per heavy atom. The van der Waals surface area contributed by atoms with Crippen molar-refractivity contribution in [1.82, 2.24) is 9.88 Å². The summed E-state index contributed by atoms with van der Waals surface area (Å²) in [6.45, 7) is 8.09. The molecule has 3 aromatic rings. The second kappa shape index (κ2) is 6.97. The van der Waals surface area contributed by atoms with E-state index in [4.69, 9.17) is 10.7 Å². The fourth-order valence-corrected chi connectivity index (χ4v) is 5.08. The SMILES string of the molecule is Cc1ccc(-c2ccc3c(N)c(C(=O)N4CC(C)CC(C)C4)sc3n2)cc1. The number of aryl methyl sites for hydroxylation is 1. The van der Waals surface area contributed by atoms with Gasteiger partial charge >= 0.3 is 0 Å². The van der Waals surface area contributed by atoms with E-state index >= 15 is 0 Å². The Kier molecular flexibility index (Phi) is 4.64. The van der Waals surface area contributed by atoms with Crippen molar-refractivity contribution in [2.75, 3.05) is 18.8 Å². The van der Waals surface area contributed by atoms with Gasteiger partial charge in [-0.1, -0.05) is 43.7 Å². The van der Waals surface area contributed by atoms with Gasteiger partial charge in [-0.25, -0.2) is 4.98 Å². The molecule has 2 unspecified atom stereocenters. The Balaban J connectivity index is 1.69. The summed E-state index contributed by atoms with van der Waals surface area (Å²) in [5.74, 6) is 1.10. The van der Waals surface area contributed by atoms with Crippen LogP contribution in [0.25, 0.3) is 21.5 Å². The van der Waals surface area contributed by atoms with Gasteiger partial charge in [0.2, 0.25) is 0 Å². The van der Waals surface area contributed by atoms with Crippen molar-refractivity contribution in [3.8, 4) is 11.3 Å². The first kappa shape index (κ1) is 18.0. The zero-order valence-corrected chi connectivity index (χ0v) is 16.8. The van der Waals surface area contributed by atoms with Gasteiger partial charge in [-0.15, -0.1) is 11.3 Å². The molecule has 1 fully saturated rings. The third kappa shape index (κ3) is 3.44. The molecule has 4 rings (SSSR count). The molecule has 2 N–H and O–H groups in total. The van der Waals surface area contributed by atoms with Gasteiger partial charge in [-0.2, -0.15) is 0 Å². The quantitative estimate of drug-likeness (QED) is 0.684. The molecule has 27 heavy (non-hydrogen) atoms. The molecule has 0 radical (unpaired) electrons. The van der Waals surface area contributed by atoms with Gasteiger partial charge in [0.15, 0.2) is 0 Å². The van der Waals surface area contributed by atoms with E-state index in [1.165, 1.54) is 23.3 Å². The molecule has 1 aliphatic rings. The normalized spacial score (nSPS) is 20.2. The molecule has 0 aliphatic carbocycles. The number of nitrogens with two attached hydrogens (primary N) is 1. The number of piperidine rings is 1. The van der Waals surface area contributed by atoms with Crippen molar-refractivity contribution >= 4 is 33.1 Å². The maximum Gasteiger partial charge on any atom is 0.266 e. The molecular formula is C22H25N3OS. The minimum atomic E-state index is 0.0470. The fourth-order valence-electron chi connectivity index (χ4n) is 4.01. The molecule has 140 valence electrons. The smallest absolute Gasteiger partial charge is 0.266 e. The highest BCUT2D eigenvalue weighted by atomic mass is 32.1. The lowest BCUT2D eigenvalue weighted by Gasteiger charge is -2.34. The van der Waals surface area contributed by atoms with Crippen LogP contribution in [0.3, 0.4) is 0 Å². The van der Waals surface area contributed by atoms with Gasteiger partial charge in [0.05, 0.1) is 11.4 Å². The molecule has 1 aromatic carbocycles. The summed E-state index contributed by atoms with van der Waals surface area (Å²) in [5.41, 5.74) is 10.1. The van der Waals surface area contributed by atoms with Gasteiger partial charge in [0.25, 0.3) is 5.91 Å². The van der Waals surface area contributed by atoms with E-state index in [9.17, 15) is 4.79 Å². The second-order valence-electron chi connectivity index (χ2n) is 7.92. The Bertz CT molecular complexity index is 983. The highest BCUT2D eigenvalue weighted by molar-refractivity contribution is 7.21. The molecule has 0 spiro atoms. The molecular weight excluding hydrogens is 354 g/mol. The molecule has 1 aliphatic heterocycles. The predicted molar refractivity (Wildman–Crippen MR) is 113 cm³/mol. The van der Waals surface area contributed by atoms with E-state index in [0.29, 0.717) is 22.4 Å². The summed E-state index contributed by atoms with van der Waals surface area (Å²) in [6.07, 6.45) is 1.17. The third-order valence-electron chi connectivity index (χ3n) is 5.29. The zero-order chi connectivity index (χ0) is 19.1. The monoisotopic (exact) mass is 379 g/mol. The molecule has 3 heterocycles. The number of nitrogens with zero attached hydrogens (tertiary/aromatic N) is 2. The zero-order valence-electron chi connectivity index (χ0n) is 16.0. The first-order valence-electron chi connectivity index (χ1n) is 9.47. The van der Waals surface area contributed by atoms with E-state index in [2.05, 4.69) is 45.0 Å². The van der Waals surface area contributed by atoms with Crippen LogP contribution < -0.4 is 5.73 Å². The maximum absolute atomic E-state index is 13.1. The lowest BCUT2D eigenvalue weighted by molar-refractivity contribution is 0.0629. The van der Waals surface area contributed by atoms with E-state index in [-0.39, 0.29) is 5.91 Å². The highest BCUT2D eigenvalue weighted by Crippen LogP contribution is 2.36. The van der Waals surface area contributed by atoms with Gasteiger partial charge in [-0.05, 0) is 37.3 Å². The number of rotatable bonds is 2. The van der Waals surface area contributed by atoms with Crippen LogP contribution in [0, 0.1) is 18.8 Å². The summed E-state index contributed by atoms with van der Waals surface area (Å²) in [4.78, 5) is 21.3. The number of fused-ring (bicyclic) bond motifs is 1. The number of anilines is 1. The Labute approximate surface area is 164 Å². The molecule has 4 nitrogen and oxygen atoms in total. The van der Waals surface area contributed by atoms with Crippen LogP contribution in [0.2, 0.25) is 0 Å². The Hall–Kier alpha value is -2.40. The predicted octanol–water partition coefficient (Wildman–Crippen LogP) is 4.97. The summed E-state index contributed by atoms with van der Waals surface area (Å²) in [6, 6.07) is 12.3. The Morgan fingerprint density at radius 1 is 1.11 bits per heavy atom. The Morgan fingerprint density at radius 2 is 1.78 bits per heavy atom. The number of nitrogen functional groups attached to an aromatic ring is 1. The largest absolute Gasteiger partial charge is 0.397 e. The minimum absolute atomic E-state index is 0.0470. The second-order valence-corrected chi connectivity index (χ2v) is 8.92. The molecule has 2 atom stereocenters. The number of thiophene rings is 1. The minimum Gasteiger partial charge on any atom is -0.397 e. The molecule has 0 bridgehead atoms. The summed E-state index contributed by atoms with van der Waals surface area (Å²) < 4.78 is 0. The average molecular weight is 380 g/mol. The van der Waals surface area contributed by atoms with Crippen LogP contribution >= 0.6 is 11.3 Å². The van der Waals surface area contributed by atoms with Crippen LogP contribution in [0.5, 0.6) is 0 Å². The van der Waals surface area contributed by atoms with E-state index in [1.807, 2.05) is 17.0 Å². The number of hydrogen-bond acceptors (Lipinski definition) is 4. The van der Waals surface area contributed by atoms with Crippen LogP contribution in [0.4, 0.5) is 5.69 Å². The first-order chi connectivity index (χ1) is 12.9. The van der Waals surface area contributed by atoms with Crippen LogP contribution in [0.1, 0.15) is 35.5 Å². The van der Waals surface area contributed by atoms with Gasteiger partial charge < -0.3 is 10.6 Å². The van der Waals surface area contributed by atoms with Crippen molar-refractivity contribution in [3.63, 3.8) is 0 Å². The van der Waals surface area contributed by atoms with Gasteiger partial charge in [0, 0.05) is 24.0 Å². The third-order valence-corrected chi connectivity index (χ3v) is 6.39. The first-order valence-corrected chi connectivity index (χ1v) is 10.3. The number of pyridine rings is 1. The van der Waals surface area contributed by atoms with Crippen LogP contribution in [-0.4, -0.2) is 28.9 Å². The number of carbonyl (C=O) groups is 1. The van der Waals surface area contributed by atoms with E-state index in [1.54, 1.807) is 0 Å². The highest BCUT2D eigenvalue weighted by Gasteiger charge is 2.29. The van der Waals surface area contributed by atoms with E-state index in [0.717, 1.165) is 34.6 Å². The number of benzene rings is 1. The molecule has 2 aromatic heterocycles. The van der Waals surface area contributed by atoms with Crippen molar-refractivity contribution in [3.05, 3.63) is 46.8 Å².